The summed E-state index contributed by atoms with van der Waals surface area (Å²) in [7, 11) is 0. The van der Waals surface area contributed by atoms with Crippen LogP contribution in [0, 0.1) is 5.92 Å². The number of para-hydroxylation sites is 1. The Bertz CT molecular complexity index is 309. The van der Waals surface area contributed by atoms with E-state index in [1.54, 1.807) is 0 Å². The Kier molecular flexibility index (Phi) is 4.16. The zero-order chi connectivity index (χ0) is 11.3. The fourth-order valence-electron chi connectivity index (χ4n) is 1.06. The first-order valence-corrected chi connectivity index (χ1v) is 5.22. The predicted octanol–water partition coefficient (Wildman–Crippen LogP) is 2.85. The fraction of sp³-hybridized carbons (Fsp3) is 0.417. The molecule has 1 rings (SSSR count). The molecule has 0 spiro atoms. The highest BCUT2D eigenvalue weighted by Crippen LogP contribution is 2.05. The zero-order valence-corrected chi connectivity index (χ0v) is 9.45. The molecule has 3 heteroatoms. The highest BCUT2D eigenvalue weighted by Gasteiger charge is 2.09. The Morgan fingerprint density at radius 2 is 1.73 bits per heavy atom. The first-order valence-electron chi connectivity index (χ1n) is 5.22. The molecule has 82 valence electrons. The molecule has 1 atom stereocenters. The molecule has 0 heterocycles. The van der Waals surface area contributed by atoms with E-state index in [0.29, 0.717) is 5.92 Å². The molecule has 2 N–H and O–H groups in total. The maximum atomic E-state index is 11.5. The molecule has 0 bridgehead atoms. The summed E-state index contributed by atoms with van der Waals surface area (Å²) in [6, 6.07) is 9.44. The van der Waals surface area contributed by atoms with Gasteiger partial charge in [0.25, 0.3) is 0 Å². The minimum atomic E-state index is -0.151. The standard InChI is InChI=1S/C12H18N2O/c1-9(2)10(3)13-12(15)14-11-7-5-4-6-8-11/h4-10H,1-3H3,(H2,13,14,15)/t10-/m0/s1. The summed E-state index contributed by atoms with van der Waals surface area (Å²) in [4.78, 5) is 11.5. The van der Waals surface area contributed by atoms with E-state index in [1.807, 2.05) is 37.3 Å². The molecule has 3 nitrogen and oxygen atoms in total. The monoisotopic (exact) mass is 206 g/mol. The van der Waals surface area contributed by atoms with Gasteiger partial charge >= 0.3 is 6.03 Å². The minimum Gasteiger partial charge on any atom is -0.335 e. The third kappa shape index (κ3) is 4.02. The largest absolute Gasteiger partial charge is 0.335 e. The average Bonchev–Trinajstić information content (AvgIpc) is 2.18. The summed E-state index contributed by atoms with van der Waals surface area (Å²) >= 11 is 0. The lowest BCUT2D eigenvalue weighted by Crippen LogP contribution is -2.38. The van der Waals surface area contributed by atoms with Crippen LogP contribution in [-0.4, -0.2) is 12.1 Å². The molecule has 1 aromatic rings. The van der Waals surface area contributed by atoms with E-state index >= 15 is 0 Å². The van der Waals surface area contributed by atoms with Gasteiger partial charge in [0.2, 0.25) is 0 Å². The van der Waals surface area contributed by atoms with E-state index in [9.17, 15) is 4.79 Å². The number of rotatable bonds is 3. The Morgan fingerprint density at radius 3 is 2.27 bits per heavy atom. The number of nitrogens with one attached hydrogen (secondary N) is 2. The van der Waals surface area contributed by atoms with Crippen molar-refractivity contribution in [2.24, 2.45) is 5.92 Å². The predicted molar refractivity (Wildman–Crippen MR) is 62.9 cm³/mol. The molecular formula is C12H18N2O. The molecule has 15 heavy (non-hydrogen) atoms. The van der Waals surface area contributed by atoms with Crippen LogP contribution in [0.5, 0.6) is 0 Å². The van der Waals surface area contributed by atoms with Gasteiger partial charge in [-0.1, -0.05) is 32.0 Å². The van der Waals surface area contributed by atoms with Crippen molar-refractivity contribution in [1.29, 1.82) is 0 Å². The van der Waals surface area contributed by atoms with Gasteiger partial charge in [-0.2, -0.15) is 0 Å². The van der Waals surface area contributed by atoms with Crippen molar-refractivity contribution < 1.29 is 4.79 Å². The Morgan fingerprint density at radius 1 is 1.13 bits per heavy atom. The number of hydrogen-bond donors (Lipinski definition) is 2. The third-order valence-electron chi connectivity index (χ3n) is 2.39. The summed E-state index contributed by atoms with van der Waals surface area (Å²) in [6.45, 7) is 6.15. The van der Waals surface area contributed by atoms with Crippen LogP contribution in [0.4, 0.5) is 10.5 Å². The summed E-state index contributed by atoms with van der Waals surface area (Å²) in [5, 5.41) is 5.66. The van der Waals surface area contributed by atoms with Crippen LogP contribution in [0.25, 0.3) is 0 Å². The van der Waals surface area contributed by atoms with Crippen LogP contribution < -0.4 is 10.6 Å². The van der Waals surface area contributed by atoms with Crippen molar-refractivity contribution in [2.75, 3.05) is 5.32 Å². The second-order valence-electron chi connectivity index (χ2n) is 4.00. The SMILES string of the molecule is CC(C)[C@H](C)NC(=O)Nc1ccccc1. The first-order chi connectivity index (χ1) is 7.09. The number of carbonyl (C=O) groups is 1. The Balaban J connectivity index is 2.43. The van der Waals surface area contributed by atoms with Crippen molar-refractivity contribution in [1.82, 2.24) is 5.32 Å². The molecule has 2 amide bonds. The van der Waals surface area contributed by atoms with Gasteiger partial charge in [-0.3, -0.25) is 0 Å². The van der Waals surface area contributed by atoms with Gasteiger partial charge in [-0.15, -0.1) is 0 Å². The van der Waals surface area contributed by atoms with Crippen molar-refractivity contribution in [2.45, 2.75) is 26.8 Å². The number of benzene rings is 1. The van der Waals surface area contributed by atoms with Crippen molar-refractivity contribution >= 4 is 11.7 Å². The lowest BCUT2D eigenvalue weighted by molar-refractivity contribution is 0.246. The van der Waals surface area contributed by atoms with Crippen LogP contribution in [-0.2, 0) is 0 Å². The molecule has 0 saturated carbocycles. The minimum absolute atomic E-state index is 0.151. The molecule has 0 saturated heterocycles. The number of carbonyl (C=O) groups excluding carboxylic acids is 1. The number of urea groups is 1. The summed E-state index contributed by atoms with van der Waals surface area (Å²) in [5.41, 5.74) is 0.811. The molecule has 0 unspecified atom stereocenters. The van der Waals surface area contributed by atoms with Gasteiger partial charge in [0.05, 0.1) is 0 Å². The fourth-order valence-corrected chi connectivity index (χ4v) is 1.06. The van der Waals surface area contributed by atoms with Crippen molar-refractivity contribution in [3.05, 3.63) is 30.3 Å². The molecule has 1 aromatic carbocycles. The highest BCUT2D eigenvalue weighted by atomic mass is 16.2. The van der Waals surface area contributed by atoms with E-state index in [4.69, 9.17) is 0 Å². The highest BCUT2D eigenvalue weighted by molar-refractivity contribution is 5.89. The topological polar surface area (TPSA) is 41.1 Å². The van der Waals surface area contributed by atoms with Gasteiger partial charge in [-0.05, 0) is 25.0 Å². The van der Waals surface area contributed by atoms with Crippen LogP contribution in [0.3, 0.4) is 0 Å². The van der Waals surface area contributed by atoms with Gasteiger partial charge in [0.15, 0.2) is 0 Å². The van der Waals surface area contributed by atoms with Crippen molar-refractivity contribution in [3.63, 3.8) is 0 Å². The molecule has 0 radical (unpaired) electrons. The van der Waals surface area contributed by atoms with Gasteiger partial charge in [0.1, 0.15) is 0 Å². The maximum absolute atomic E-state index is 11.5. The number of hydrogen-bond acceptors (Lipinski definition) is 1. The van der Waals surface area contributed by atoms with Gasteiger partial charge < -0.3 is 10.6 Å². The molecule has 0 aliphatic rings. The maximum Gasteiger partial charge on any atom is 0.319 e. The summed E-state index contributed by atoms with van der Waals surface area (Å²) in [5.74, 6) is 0.437. The van der Waals surface area contributed by atoms with E-state index in [0.717, 1.165) is 5.69 Å². The normalized spacial score (nSPS) is 12.3. The van der Waals surface area contributed by atoms with Crippen molar-refractivity contribution in [3.8, 4) is 0 Å². The quantitative estimate of drug-likeness (QED) is 0.784. The van der Waals surface area contributed by atoms with E-state index < -0.39 is 0 Å². The Labute approximate surface area is 90.9 Å². The van der Waals surface area contributed by atoms with Gasteiger partial charge in [-0.25, -0.2) is 4.79 Å². The first kappa shape index (κ1) is 11.6. The molecule has 0 fully saturated rings. The molecule has 0 aliphatic carbocycles. The third-order valence-corrected chi connectivity index (χ3v) is 2.39. The average molecular weight is 206 g/mol. The lowest BCUT2D eigenvalue weighted by atomic mass is 10.1. The summed E-state index contributed by atoms with van der Waals surface area (Å²) < 4.78 is 0. The smallest absolute Gasteiger partial charge is 0.319 e. The van der Waals surface area contributed by atoms with Crippen LogP contribution >= 0.6 is 0 Å². The molecular weight excluding hydrogens is 188 g/mol. The number of anilines is 1. The Hall–Kier alpha value is -1.51. The molecule has 0 aromatic heterocycles. The van der Waals surface area contributed by atoms with E-state index in [-0.39, 0.29) is 12.1 Å². The summed E-state index contributed by atoms with van der Waals surface area (Å²) in [6.07, 6.45) is 0. The van der Waals surface area contributed by atoms with Crippen LogP contribution in [0.2, 0.25) is 0 Å². The van der Waals surface area contributed by atoms with E-state index in [1.165, 1.54) is 0 Å². The van der Waals surface area contributed by atoms with Crippen LogP contribution in [0.15, 0.2) is 30.3 Å². The van der Waals surface area contributed by atoms with Crippen LogP contribution in [0.1, 0.15) is 20.8 Å². The molecule has 0 aliphatic heterocycles. The van der Waals surface area contributed by atoms with E-state index in [2.05, 4.69) is 24.5 Å². The second-order valence-corrected chi connectivity index (χ2v) is 4.00. The number of amides is 2. The second kappa shape index (κ2) is 5.39. The van der Waals surface area contributed by atoms with Gasteiger partial charge in [0, 0.05) is 11.7 Å². The lowest BCUT2D eigenvalue weighted by Gasteiger charge is -2.17. The zero-order valence-electron chi connectivity index (χ0n) is 9.45.